The van der Waals surface area contributed by atoms with Crippen LogP contribution >= 0.6 is 15.9 Å². The van der Waals surface area contributed by atoms with Gasteiger partial charge in [-0.2, -0.15) is 0 Å². The third kappa shape index (κ3) is 2.47. The van der Waals surface area contributed by atoms with Gasteiger partial charge in [-0.3, -0.25) is 4.79 Å². The quantitative estimate of drug-likeness (QED) is 0.353. The van der Waals surface area contributed by atoms with Gasteiger partial charge in [-0.15, -0.1) is 0 Å². The fourth-order valence-corrected chi connectivity index (χ4v) is 3.55. The first-order valence-corrected chi connectivity index (χ1v) is 8.28. The Bertz CT molecular complexity index is 972. The van der Waals surface area contributed by atoms with Crippen LogP contribution in [-0.2, 0) is 6.54 Å². The molecule has 112 valence electrons. The lowest BCUT2D eigenvalue weighted by molar-refractivity contribution is 0.0971. The van der Waals surface area contributed by atoms with Gasteiger partial charge in [-0.1, -0.05) is 54.6 Å². The van der Waals surface area contributed by atoms with Gasteiger partial charge in [0.1, 0.15) is 0 Å². The maximum Gasteiger partial charge on any atom is 0.182 e. The first-order valence-electron chi connectivity index (χ1n) is 7.48. The van der Waals surface area contributed by atoms with Crippen molar-refractivity contribution < 1.29 is 4.79 Å². The minimum Gasteiger partial charge on any atom is -0.334 e. The minimum atomic E-state index is 0.103. The predicted octanol–water partition coefficient (Wildman–Crippen LogP) is 5.39. The highest BCUT2D eigenvalue weighted by Crippen LogP contribution is 2.38. The largest absolute Gasteiger partial charge is 0.334 e. The molecule has 2 nitrogen and oxygen atoms in total. The third-order valence-corrected chi connectivity index (χ3v) is 5.03. The summed E-state index contributed by atoms with van der Waals surface area (Å²) in [5.74, 6) is 0.103. The summed E-state index contributed by atoms with van der Waals surface area (Å²) in [4.78, 5) is 12.4. The van der Waals surface area contributed by atoms with Crippen LogP contribution in [0.3, 0.4) is 0 Å². The molecule has 0 amide bonds. The number of benzene rings is 2. The third-order valence-electron chi connectivity index (χ3n) is 4.15. The maximum absolute atomic E-state index is 12.4. The van der Waals surface area contributed by atoms with Gasteiger partial charge < -0.3 is 4.57 Å². The van der Waals surface area contributed by atoms with Crippen molar-refractivity contribution in [2.24, 2.45) is 0 Å². The predicted molar refractivity (Wildman–Crippen MR) is 97.0 cm³/mol. The molecule has 0 unspecified atom stereocenters. The maximum atomic E-state index is 12.4. The van der Waals surface area contributed by atoms with E-state index in [1.807, 2.05) is 47.2 Å². The van der Waals surface area contributed by atoms with E-state index >= 15 is 0 Å². The SMILES string of the molecule is O=C(Cn1ccc2c3ccccc3cc-2c1Br)c1ccccc1. The van der Waals surface area contributed by atoms with E-state index in [9.17, 15) is 4.79 Å². The number of nitrogens with zero attached hydrogens (tertiary/aromatic N) is 1. The molecule has 0 saturated heterocycles. The summed E-state index contributed by atoms with van der Waals surface area (Å²) in [7, 11) is 0. The van der Waals surface area contributed by atoms with E-state index in [1.54, 1.807) is 0 Å². The lowest BCUT2D eigenvalue weighted by Gasteiger charge is -2.13. The van der Waals surface area contributed by atoms with Crippen LogP contribution in [0, 0.1) is 0 Å². The zero-order valence-electron chi connectivity index (χ0n) is 12.4. The van der Waals surface area contributed by atoms with Gasteiger partial charge in [-0.25, -0.2) is 0 Å². The molecule has 4 rings (SSSR count). The van der Waals surface area contributed by atoms with Crippen LogP contribution in [0.1, 0.15) is 10.4 Å². The molecule has 0 atom stereocenters. The number of Topliss-reactive ketones (excluding diaryl/α,β-unsaturated/α-hetero) is 1. The Morgan fingerprint density at radius 2 is 1.65 bits per heavy atom. The summed E-state index contributed by atoms with van der Waals surface area (Å²) in [6, 6.07) is 22.0. The monoisotopic (exact) mass is 363 g/mol. The zero-order valence-corrected chi connectivity index (χ0v) is 14.0. The second-order valence-corrected chi connectivity index (χ2v) is 6.33. The second-order valence-electron chi connectivity index (χ2n) is 5.58. The van der Waals surface area contributed by atoms with E-state index in [0.717, 1.165) is 15.7 Å². The van der Waals surface area contributed by atoms with Crippen molar-refractivity contribution in [2.45, 2.75) is 6.54 Å². The van der Waals surface area contributed by atoms with Gasteiger partial charge >= 0.3 is 0 Å². The normalized spacial score (nSPS) is 11.2. The number of halogens is 1. The van der Waals surface area contributed by atoms with Gasteiger partial charge in [0.25, 0.3) is 0 Å². The molecule has 2 aliphatic rings. The van der Waals surface area contributed by atoms with E-state index in [2.05, 4.69) is 46.3 Å². The van der Waals surface area contributed by atoms with E-state index in [-0.39, 0.29) is 5.78 Å². The molecule has 0 fully saturated rings. The van der Waals surface area contributed by atoms with Crippen molar-refractivity contribution >= 4 is 32.5 Å². The first kappa shape index (κ1) is 14.2. The molecule has 3 heteroatoms. The van der Waals surface area contributed by atoms with Crippen molar-refractivity contribution in [3.8, 4) is 11.1 Å². The Hall–Kier alpha value is -2.39. The van der Waals surface area contributed by atoms with Crippen LogP contribution < -0.4 is 0 Å². The van der Waals surface area contributed by atoms with E-state index in [1.165, 1.54) is 16.3 Å². The number of carbonyl (C=O) groups excluding carboxylic acids is 1. The molecule has 0 radical (unpaired) electrons. The lowest BCUT2D eigenvalue weighted by atomic mass is 10.1. The van der Waals surface area contributed by atoms with E-state index < -0.39 is 0 Å². The summed E-state index contributed by atoms with van der Waals surface area (Å²) in [6.07, 6.45) is 1.97. The molecule has 0 spiro atoms. The number of hydrogen-bond acceptors (Lipinski definition) is 1. The molecule has 2 aromatic carbocycles. The standard InChI is InChI=1S/C20H14BrNO/c21-20-18-12-15-8-4-5-9-16(15)17(18)10-11-22(20)13-19(23)14-6-2-1-3-7-14/h1-12H,13H2. The van der Waals surface area contributed by atoms with Crippen molar-refractivity contribution in [3.63, 3.8) is 0 Å². The number of pyridine rings is 1. The average molecular weight is 364 g/mol. The Kier molecular flexibility index (Phi) is 3.50. The summed E-state index contributed by atoms with van der Waals surface area (Å²) < 4.78 is 2.90. The number of rotatable bonds is 3. The fraction of sp³-hybridized carbons (Fsp3) is 0.0500. The minimum absolute atomic E-state index is 0.103. The molecule has 2 aromatic rings. The molecule has 23 heavy (non-hydrogen) atoms. The van der Waals surface area contributed by atoms with E-state index in [4.69, 9.17) is 0 Å². The Morgan fingerprint density at radius 1 is 0.913 bits per heavy atom. The number of carbonyl (C=O) groups is 1. The van der Waals surface area contributed by atoms with Crippen LogP contribution in [-0.4, -0.2) is 10.4 Å². The Balaban J connectivity index is 1.76. The van der Waals surface area contributed by atoms with E-state index in [0.29, 0.717) is 6.54 Å². The highest BCUT2D eigenvalue weighted by Gasteiger charge is 2.16. The van der Waals surface area contributed by atoms with Crippen LogP contribution in [0.25, 0.3) is 21.9 Å². The average Bonchev–Trinajstić information content (AvgIpc) is 2.98. The molecule has 1 aliphatic heterocycles. The molecule has 0 aromatic heterocycles. The summed E-state index contributed by atoms with van der Waals surface area (Å²) in [5, 5.41) is 2.46. The van der Waals surface area contributed by atoms with Gasteiger partial charge in [0.15, 0.2) is 5.78 Å². The van der Waals surface area contributed by atoms with Crippen molar-refractivity contribution in [2.75, 3.05) is 0 Å². The van der Waals surface area contributed by atoms with Gasteiger partial charge in [0, 0.05) is 17.3 Å². The van der Waals surface area contributed by atoms with Crippen LogP contribution in [0.5, 0.6) is 0 Å². The number of ketones is 1. The number of hydrogen-bond donors (Lipinski definition) is 0. The van der Waals surface area contributed by atoms with Crippen molar-refractivity contribution in [1.82, 2.24) is 4.57 Å². The smallest absolute Gasteiger partial charge is 0.182 e. The van der Waals surface area contributed by atoms with Crippen LogP contribution in [0.4, 0.5) is 0 Å². The highest BCUT2D eigenvalue weighted by molar-refractivity contribution is 9.10. The zero-order chi connectivity index (χ0) is 15.8. The van der Waals surface area contributed by atoms with Gasteiger partial charge in [-0.05, 0) is 44.4 Å². The number of fused-ring (bicyclic) bond motifs is 3. The molecule has 0 saturated carbocycles. The summed E-state index contributed by atoms with van der Waals surface area (Å²) in [6.45, 7) is 0.321. The molecule has 0 N–H and O–H groups in total. The summed E-state index contributed by atoms with van der Waals surface area (Å²) >= 11 is 3.67. The fourth-order valence-electron chi connectivity index (χ4n) is 2.97. The van der Waals surface area contributed by atoms with Crippen molar-refractivity contribution in [3.05, 3.63) is 83.1 Å². The van der Waals surface area contributed by atoms with Crippen molar-refractivity contribution in [1.29, 1.82) is 0 Å². The topological polar surface area (TPSA) is 22.0 Å². The summed E-state index contributed by atoms with van der Waals surface area (Å²) in [5.41, 5.74) is 3.07. The molecule has 1 heterocycles. The lowest BCUT2D eigenvalue weighted by Crippen LogP contribution is -2.12. The highest BCUT2D eigenvalue weighted by atomic mass is 79.9. The first-order chi connectivity index (χ1) is 11.2. The number of aromatic nitrogens is 1. The molecule has 1 aliphatic carbocycles. The molecule has 0 bridgehead atoms. The van der Waals surface area contributed by atoms with Gasteiger partial charge in [0.05, 0.1) is 11.1 Å². The van der Waals surface area contributed by atoms with Crippen LogP contribution in [0.15, 0.2) is 77.5 Å². The van der Waals surface area contributed by atoms with Gasteiger partial charge in [0.2, 0.25) is 0 Å². The van der Waals surface area contributed by atoms with Crippen LogP contribution in [0.2, 0.25) is 0 Å². The Labute approximate surface area is 142 Å². The molecular formula is C20H14BrNO. The second kappa shape index (κ2) is 5.67. The molecular weight excluding hydrogens is 350 g/mol. The Morgan fingerprint density at radius 3 is 2.48 bits per heavy atom.